The molecule has 7 nitrogen and oxygen atoms in total. The summed E-state index contributed by atoms with van der Waals surface area (Å²) in [6, 6.07) is 18.4. The van der Waals surface area contributed by atoms with E-state index in [-0.39, 0.29) is 10.6 Å². The maximum atomic E-state index is 13.3. The summed E-state index contributed by atoms with van der Waals surface area (Å²) < 4.78 is 43.4. The van der Waals surface area contributed by atoms with Gasteiger partial charge >= 0.3 is 0 Å². The highest BCUT2D eigenvalue weighted by molar-refractivity contribution is 7.93. The van der Waals surface area contributed by atoms with Crippen molar-refractivity contribution in [1.29, 1.82) is 0 Å². The van der Waals surface area contributed by atoms with E-state index in [1.54, 1.807) is 36.4 Å². The van der Waals surface area contributed by atoms with Gasteiger partial charge < -0.3 is 14.2 Å². The predicted octanol–water partition coefficient (Wildman–Crippen LogP) is 4.55. The molecule has 0 unspecified atom stereocenters. The number of nitrogens with zero attached hydrogens (tertiary/aromatic N) is 1. The predicted molar refractivity (Wildman–Crippen MR) is 122 cm³/mol. The van der Waals surface area contributed by atoms with Crippen molar-refractivity contribution in [3.8, 4) is 17.2 Å². The van der Waals surface area contributed by atoms with E-state index in [2.05, 4.69) is 0 Å². The van der Waals surface area contributed by atoms with Gasteiger partial charge in [-0.3, -0.25) is 4.79 Å². The van der Waals surface area contributed by atoms with Gasteiger partial charge in [0.25, 0.3) is 15.9 Å². The Kier molecular flexibility index (Phi) is 7.61. The van der Waals surface area contributed by atoms with Crippen LogP contribution in [0.25, 0.3) is 0 Å². The minimum absolute atomic E-state index is 0.0754. The van der Waals surface area contributed by atoms with Crippen molar-refractivity contribution in [3.05, 3.63) is 77.8 Å². The van der Waals surface area contributed by atoms with Crippen LogP contribution in [0.1, 0.15) is 6.92 Å². The Labute approximate surface area is 192 Å². The standard InChI is InChI=1S/C23H22ClNO6S/c1-3-30-20-8-6-18(7-9-20)25(32(27,28)22-14-4-17(24)5-15-22)23(26)16-31-21-12-10-19(29-2)11-13-21/h4-15H,3,16H2,1-2H3. The van der Waals surface area contributed by atoms with Crippen LogP contribution in [0.2, 0.25) is 5.02 Å². The number of carbonyl (C=O) groups is 1. The van der Waals surface area contributed by atoms with E-state index in [1.165, 1.54) is 43.5 Å². The van der Waals surface area contributed by atoms with Crippen molar-refractivity contribution in [1.82, 2.24) is 0 Å². The van der Waals surface area contributed by atoms with E-state index in [1.807, 2.05) is 6.92 Å². The molecule has 3 aromatic rings. The zero-order chi connectivity index (χ0) is 23.1. The van der Waals surface area contributed by atoms with Gasteiger partial charge in [0.15, 0.2) is 6.61 Å². The summed E-state index contributed by atoms with van der Waals surface area (Å²) >= 11 is 5.89. The molecule has 0 aromatic heterocycles. The number of halogens is 1. The molecule has 0 radical (unpaired) electrons. The number of methoxy groups -OCH3 is 1. The van der Waals surface area contributed by atoms with Gasteiger partial charge in [-0.1, -0.05) is 11.6 Å². The largest absolute Gasteiger partial charge is 0.497 e. The van der Waals surface area contributed by atoms with Crippen molar-refractivity contribution >= 4 is 33.2 Å². The van der Waals surface area contributed by atoms with Crippen molar-refractivity contribution in [2.75, 3.05) is 24.6 Å². The van der Waals surface area contributed by atoms with Crippen molar-refractivity contribution in [2.45, 2.75) is 11.8 Å². The molecular weight excluding hydrogens is 454 g/mol. The molecule has 9 heteroatoms. The van der Waals surface area contributed by atoms with Gasteiger partial charge in [-0.15, -0.1) is 0 Å². The minimum atomic E-state index is -4.23. The van der Waals surface area contributed by atoms with Gasteiger partial charge in [0.2, 0.25) is 0 Å². The molecule has 0 aliphatic heterocycles. The normalized spacial score (nSPS) is 11.0. The number of benzene rings is 3. The molecule has 0 atom stereocenters. The summed E-state index contributed by atoms with van der Waals surface area (Å²) in [6.45, 7) is 1.80. The van der Waals surface area contributed by atoms with Gasteiger partial charge in [0.05, 0.1) is 24.3 Å². The zero-order valence-electron chi connectivity index (χ0n) is 17.5. The first-order valence-electron chi connectivity index (χ1n) is 9.68. The second-order valence-electron chi connectivity index (χ2n) is 6.51. The van der Waals surface area contributed by atoms with E-state index in [9.17, 15) is 13.2 Å². The Bertz CT molecular complexity index is 1150. The molecule has 0 bridgehead atoms. The van der Waals surface area contributed by atoms with Gasteiger partial charge in [0, 0.05) is 5.02 Å². The lowest BCUT2D eigenvalue weighted by molar-refractivity contribution is -0.119. The van der Waals surface area contributed by atoms with Crippen LogP contribution in [0.4, 0.5) is 5.69 Å². The quantitative estimate of drug-likeness (QED) is 0.451. The molecule has 0 spiro atoms. The first-order valence-corrected chi connectivity index (χ1v) is 11.5. The van der Waals surface area contributed by atoms with Crippen LogP contribution < -0.4 is 18.5 Å². The number of amides is 1. The van der Waals surface area contributed by atoms with Crippen LogP contribution in [-0.2, 0) is 14.8 Å². The van der Waals surface area contributed by atoms with Gasteiger partial charge in [-0.05, 0) is 79.7 Å². The SMILES string of the molecule is CCOc1ccc(N(C(=O)COc2ccc(OC)cc2)S(=O)(=O)c2ccc(Cl)cc2)cc1. The summed E-state index contributed by atoms with van der Waals surface area (Å²) in [4.78, 5) is 13.0. The van der Waals surface area contributed by atoms with Crippen molar-refractivity contribution in [2.24, 2.45) is 0 Å². The van der Waals surface area contributed by atoms with Crippen LogP contribution in [0.15, 0.2) is 77.7 Å². The molecule has 1 amide bonds. The Morgan fingerprint density at radius 3 is 1.94 bits per heavy atom. The maximum absolute atomic E-state index is 13.3. The fraction of sp³-hybridized carbons (Fsp3) is 0.174. The molecule has 0 N–H and O–H groups in total. The number of rotatable bonds is 9. The fourth-order valence-electron chi connectivity index (χ4n) is 2.85. The summed E-state index contributed by atoms with van der Waals surface area (Å²) in [5, 5.41) is 0.380. The lowest BCUT2D eigenvalue weighted by Gasteiger charge is -2.23. The molecule has 3 aromatic carbocycles. The first kappa shape index (κ1) is 23.4. The van der Waals surface area contributed by atoms with Crippen LogP contribution in [0.3, 0.4) is 0 Å². The summed E-state index contributed by atoms with van der Waals surface area (Å²) in [5.41, 5.74) is 0.159. The van der Waals surface area contributed by atoms with Crippen molar-refractivity contribution in [3.63, 3.8) is 0 Å². The Morgan fingerprint density at radius 1 is 0.844 bits per heavy atom. The van der Waals surface area contributed by atoms with E-state index in [4.69, 9.17) is 25.8 Å². The van der Waals surface area contributed by atoms with Crippen LogP contribution >= 0.6 is 11.6 Å². The van der Waals surface area contributed by atoms with E-state index >= 15 is 0 Å². The molecule has 0 aliphatic carbocycles. The van der Waals surface area contributed by atoms with E-state index in [0.717, 1.165) is 4.31 Å². The lowest BCUT2D eigenvalue weighted by atomic mass is 10.3. The zero-order valence-corrected chi connectivity index (χ0v) is 19.1. The second-order valence-corrected chi connectivity index (χ2v) is 8.73. The smallest absolute Gasteiger partial charge is 0.278 e. The number of ether oxygens (including phenoxy) is 3. The molecule has 32 heavy (non-hydrogen) atoms. The number of carbonyl (C=O) groups excluding carboxylic acids is 1. The van der Waals surface area contributed by atoms with Gasteiger partial charge in [-0.25, -0.2) is 8.42 Å². The minimum Gasteiger partial charge on any atom is -0.497 e. The van der Waals surface area contributed by atoms with E-state index < -0.39 is 22.5 Å². The molecule has 0 fully saturated rings. The average Bonchev–Trinajstić information content (AvgIpc) is 2.79. The van der Waals surface area contributed by atoms with E-state index in [0.29, 0.717) is 28.9 Å². The molecule has 0 aliphatic rings. The summed E-state index contributed by atoms with van der Waals surface area (Å²) in [7, 11) is -2.69. The van der Waals surface area contributed by atoms with Crippen LogP contribution in [0, 0.1) is 0 Å². The molecule has 0 heterocycles. The topological polar surface area (TPSA) is 82.1 Å². The average molecular weight is 476 g/mol. The third-order valence-corrected chi connectivity index (χ3v) is 6.40. The number of hydrogen-bond donors (Lipinski definition) is 0. The fourth-order valence-corrected chi connectivity index (χ4v) is 4.39. The summed E-state index contributed by atoms with van der Waals surface area (Å²) in [5.74, 6) is 0.821. The van der Waals surface area contributed by atoms with Gasteiger partial charge in [0.1, 0.15) is 17.2 Å². The third-order valence-electron chi connectivity index (χ3n) is 4.38. The van der Waals surface area contributed by atoms with Gasteiger partial charge in [-0.2, -0.15) is 4.31 Å². The molecule has 168 valence electrons. The Morgan fingerprint density at radius 2 is 1.38 bits per heavy atom. The molecule has 3 rings (SSSR count). The molecule has 0 saturated heterocycles. The third kappa shape index (κ3) is 5.52. The highest BCUT2D eigenvalue weighted by Gasteiger charge is 2.31. The number of sulfonamides is 1. The molecule has 0 saturated carbocycles. The number of anilines is 1. The highest BCUT2D eigenvalue weighted by atomic mass is 35.5. The second kappa shape index (κ2) is 10.4. The van der Waals surface area contributed by atoms with Crippen molar-refractivity contribution < 1.29 is 27.4 Å². The number of hydrogen-bond acceptors (Lipinski definition) is 6. The Hall–Kier alpha value is -3.23. The monoisotopic (exact) mass is 475 g/mol. The Balaban J connectivity index is 1.91. The summed E-state index contributed by atoms with van der Waals surface area (Å²) in [6.07, 6.45) is 0. The lowest BCUT2D eigenvalue weighted by Crippen LogP contribution is -2.40. The first-order chi connectivity index (χ1) is 15.3. The van der Waals surface area contributed by atoms with Crippen LogP contribution in [0.5, 0.6) is 17.2 Å². The maximum Gasteiger partial charge on any atom is 0.278 e. The highest BCUT2D eigenvalue weighted by Crippen LogP contribution is 2.27. The van der Waals surface area contributed by atoms with Crippen LogP contribution in [-0.4, -0.2) is 34.6 Å². The molecular formula is C23H22ClNO6S.